The summed E-state index contributed by atoms with van der Waals surface area (Å²) in [6, 6.07) is 8.64. The first kappa shape index (κ1) is 19.9. The molecule has 0 amide bonds. The minimum atomic E-state index is -4.05. The number of phenolic OH excluding ortho intramolecular Hbond substituents is 2. The standard InChI is InChI=1S/C21H24N2O4S/c1-3-4-5-8-16-11-17(24)19(15-9-6-7-14(2)10-15)20(25)21(16)28(26,27)18-12-22-13-23-18/h6-7,9-13,24-25H,3-5,8H2,1-2H3,(H,22,23). The Balaban J connectivity index is 2.26. The third-order valence-electron chi connectivity index (χ3n) is 4.68. The third kappa shape index (κ3) is 3.75. The minimum Gasteiger partial charge on any atom is -0.507 e. The minimum absolute atomic E-state index is 0.108. The van der Waals surface area contributed by atoms with Gasteiger partial charge in [0.2, 0.25) is 9.84 Å². The van der Waals surface area contributed by atoms with Crippen LogP contribution in [0.1, 0.15) is 37.3 Å². The van der Waals surface area contributed by atoms with E-state index in [1.807, 2.05) is 13.0 Å². The molecule has 3 N–H and O–H groups in total. The second-order valence-corrected chi connectivity index (χ2v) is 8.68. The normalized spacial score (nSPS) is 11.6. The number of imidazole rings is 1. The van der Waals surface area contributed by atoms with Crippen LogP contribution in [-0.2, 0) is 16.3 Å². The molecule has 1 aromatic heterocycles. The lowest BCUT2D eigenvalue weighted by Gasteiger charge is -2.17. The van der Waals surface area contributed by atoms with E-state index in [4.69, 9.17) is 0 Å². The molecule has 0 aliphatic heterocycles. The molecule has 3 rings (SSSR count). The van der Waals surface area contributed by atoms with Crippen molar-refractivity contribution in [2.45, 2.75) is 49.5 Å². The van der Waals surface area contributed by atoms with Crippen molar-refractivity contribution in [3.63, 3.8) is 0 Å². The van der Waals surface area contributed by atoms with Crippen LogP contribution in [0.4, 0.5) is 0 Å². The number of nitrogens with zero attached hydrogens (tertiary/aromatic N) is 1. The summed E-state index contributed by atoms with van der Waals surface area (Å²) in [5.41, 5.74) is 1.98. The summed E-state index contributed by atoms with van der Waals surface area (Å²) in [7, 11) is -4.05. The number of unbranched alkanes of at least 4 members (excludes halogenated alkanes) is 2. The molecule has 0 aliphatic carbocycles. The highest BCUT2D eigenvalue weighted by atomic mass is 32.2. The van der Waals surface area contributed by atoms with Crippen LogP contribution in [0, 0.1) is 6.92 Å². The second-order valence-electron chi connectivity index (χ2n) is 6.85. The molecule has 0 atom stereocenters. The van der Waals surface area contributed by atoms with E-state index < -0.39 is 15.6 Å². The molecular weight excluding hydrogens is 376 g/mol. The summed E-state index contributed by atoms with van der Waals surface area (Å²) >= 11 is 0. The number of aromatic amines is 1. The van der Waals surface area contributed by atoms with Crippen molar-refractivity contribution in [3.8, 4) is 22.6 Å². The molecule has 6 nitrogen and oxygen atoms in total. The highest BCUT2D eigenvalue weighted by molar-refractivity contribution is 7.91. The molecule has 0 fully saturated rings. The van der Waals surface area contributed by atoms with Crippen LogP contribution in [0.5, 0.6) is 11.5 Å². The number of hydrogen-bond donors (Lipinski definition) is 3. The summed E-state index contributed by atoms with van der Waals surface area (Å²) in [6.07, 6.45) is 5.64. The van der Waals surface area contributed by atoms with E-state index in [0.717, 1.165) is 24.8 Å². The monoisotopic (exact) mass is 400 g/mol. The second kappa shape index (κ2) is 8.06. The molecule has 0 saturated carbocycles. The van der Waals surface area contributed by atoms with Gasteiger partial charge < -0.3 is 15.2 Å². The van der Waals surface area contributed by atoms with Gasteiger partial charge >= 0.3 is 0 Å². The highest BCUT2D eigenvalue weighted by Gasteiger charge is 2.30. The lowest BCUT2D eigenvalue weighted by molar-refractivity contribution is 0.440. The van der Waals surface area contributed by atoms with Crippen LogP contribution in [0.2, 0.25) is 0 Å². The Labute approximate surface area is 164 Å². The molecular formula is C21H24N2O4S. The number of nitrogens with one attached hydrogen (secondary N) is 1. The lowest BCUT2D eigenvalue weighted by atomic mass is 9.97. The predicted octanol–water partition coefficient (Wildman–Crippen LogP) is 4.36. The first-order valence-electron chi connectivity index (χ1n) is 9.25. The molecule has 1 heterocycles. The van der Waals surface area contributed by atoms with Crippen molar-refractivity contribution >= 4 is 9.84 Å². The van der Waals surface area contributed by atoms with Crippen LogP contribution < -0.4 is 0 Å². The average Bonchev–Trinajstić information content (AvgIpc) is 3.17. The molecule has 0 spiro atoms. The van der Waals surface area contributed by atoms with Crippen LogP contribution >= 0.6 is 0 Å². The zero-order valence-electron chi connectivity index (χ0n) is 15.9. The molecule has 0 aliphatic rings. The molecule has 0 unspecified atom stereocenters. The zero-order chi connectivity index (χ0) is 20.3. The van der Waals surface area contributed by atoms with Gasteiger partial charge in [0.25, 0.3) is 0 Å². The zero-order valence-corrected chi connectivity index (χ0v) is 16.8. The van der Waals surface area contributed by atoms with Crippen molar-refractivity contribution in [1.82, 2.24) is 9.97 Å². The van der Waals surface area contributed by atoms with Gasteiger partial charge in [-0.15, -0.1) is 0 Å². The van der Waals surface area contributed by atoms with Gasteiger partial charge in [-0.25, -0.2) is 13.4 Å². The van der Waals surface area contributed by atoms with Crippen LogP contribution in [-0.4, -0.2) is 28.6 Å². The van der Waals surface area contributed by atoms with E-state index in [2.05, 4.69) is 16.9 Å². The van der Waals surface area contributed by atoms with Crippen molar-refractivity contribution in [3.05, 3.63) is 54.0 Å². The Bertz CT molecular complexity index is 1070. The van der Waals surface area contributed by atoms with Crippen molar-refractivity contribution in [2.75, 3.05) is 0 Å². The van der Waals surface area contributed by atoms with Crippen molar-refractivity contribution < 1.29 is 18.6 Å². The fourth-order valence-corrected chi connectivity index (χ4v) is 4.81. The van der Waals surface area contributed by atoms with E-state index >= 15 is 0 Å². The Morgan fingerprint density at radius 2 is 1.93 bits per heavy atom. The number of rotatable bonds is 7. The van der Waals surface area contributed by atoms with Crippen LogP contribution in [0.3, 0.4) is 0 Å². The predicted molar refractivity (Wildman–Crippen MR) is 107 cm³/mol. The van der Waals surface area contributed by atoms with Gasteiger partial charge in [-0.1, -0.05) is 49.6 Å². The fraction of sp³-hybridized carbons (Fsp3) is 0.286. The number of hydrogen-bond acceptors (Lipinski definition) is 5. The lowest BCUT2D eigenvalue weighted by Crippen LogP contribution is -2.08. The smallest absolute Gasteiger partial charge is 0.229 e. The Morgan fingerprint density at radius 3 is 2.57 bits per heavy atom. The molecule has 7 heteroatoms. The summed E-state index contributed by atoms with van der Waals surface area (Å²) < 4.78 is 26.4. The van der Waals surface area contributed by atoms with Crippen LogP contribution in [0.15, 0.2) is 52.8 Å². The first-order chi connectivity index (χ1) is 13.4. The van der Waals surface area contributed by atoms with Gasteiger partial charge in [0.1, 0.15) is 16.4 Å². The number of sulfone groups is 1. The third-order valence-corrected chi connectivity index (χ3v) is 6.45. The quantitative estimate of drug-likeness (QED) is 0.511. The van der Waals surface area contributed by atoms with Crippen LogP contribution in [0.25, 0.3) is 11.1 Å². The average molecular weight is 401 g/mol. The van der Waals surface area contributed by atoms with Gasteiger partial charge in [-0.3, -0.25) is 0 Å². The van der Waals surface area contributed by atoms with E-state index in [-0.39, 0.29) is 21.2 Å². The van der Waals surface area contributed by atoms with Gasteiger partial charge in [0.15, 0.2) is 5.03 Å². The Kier molecular flexibility index (Phi) is 5.74. The topological polar surface area (TPSA) is 103 Å². The Hall–Kier alpha value is -2.80. The number of phenols is 2. The maximum Gasteiger partial charge on any atom is 0.229 e. The number of H-pyrrole nitrogens is 1. The maximum atomic E-state index is 13.2. The largest absolute Gasteiger partial charge is 0.507 e. The number of aromatic hydroxyl groups is 2. The molecule has 3 aromatic rings. The summed E-state index contributed by atoms with van der Waals surface area (Å²) in [4.78, 5) is 6.32. The molecule has 0 bridgehead atoms. The van der Waals surface area contributed by atoms with Crippen molar-refractivity contribution in [2.24, 2.45) is 0 Å². The Morgan fingerprint density at radius 1 is 1.14 bits per heavy atom. The summed E-state index contributed by atoms with van der Waals surface area (Å²) in [6.45, 7) is 3.94. The van der Waals surface area contributed by atoms with E-state index in [1.165, 1.54) is 18.6 Å². The van der Waals surface area contributed by atoms with E-state index in [1.54, 1.807) is 18.2 Å². The summed E-state index contributed by atoms with van der Waals surface area (Å²) in [5, 5.41) is 21.5. The molecule has 0 radical (unpaired) electrons. The van der Waals surface area contributed by atoms with E-state index in [9.17, 15) is 18.6 Å². The molecule has 0 saturated heterocycles. The number of aromatic nitrogens is 2. The number of aryl methyl sites for hydroxylation is 2. The van der Waals surface area contributed by atoms with Gasteiger partial charge in [0.05, 0.1) is 11.9 Å². The molecule has 148 valence electrons. The fourth-order valence-electron chi connectivity index (χ4n) is 3.32. The summed E-state index contributed by atoms with van der Waals surface area (Å²) in [5.74, 6) is -0.587. The SMILES string of the molecule is CCCCCc1cc(O)c(-c2cccc(C)c2)c(O)c1S(=O)(=O)c1c[nH]cn1. The van der Waals surface area contributed by atoms with Gasteiger partial charge in [-0.2, -0.15) is 0 Å². The molecule has 2 aromatic carbocycles. The highest BCUT2D eigenvalue weighted by Crippen LogP contribution is 2.45. The molecule has 28 heavy (non-hydrogen) atoms. The maximum absolute atomic E-state index is 13.2. The van der Waals surface area contributed by atoms with Gasteiger partial charge in [0, 0.05) is 6.20 Å². The van der Waals surface area contributed by atoms with E-state index in [0.29, 0.717) is 17.5 Å². The first-order valence-corrected chi connectivity index (χ1v) is 10.7. The number of benzene rings is 2. The van der Waals surface area contributed by atoms with Gasteiger partial charge in [-0.05, 0) is 37.0 Å². The van der Waals surface area contributed by atoms with Crippen molar-refractivity contribution in [1.29, 1.82) is 0 Å².